The molecule has 4 rings (SSSR count). The number of benzene rings is 4. The van der Waals surface area contributed by atoms with Crippen molar-refractivity contribution in [3.63, 3.8) is 0 Å². The van der Waals surface area contributed by atoms with Crippen molar-refractivity contribution >= 4 is 106 Å². The van der Waals surface area contributed by atoms with Crippen LogP contribution < -0.4 is 0 Å². The minimum Gasteiger partial charge on any atom is -0.781 e. The normalized spacial score (nSPS) is 12.4. The van der Waals surface area contributed by atoms with Gasteiger partial charge in [0, 0.05) is 26.5 Å². The second kappa shape index (κ2) is 13.5. The number of hydrogen-bond acceptors (Lipinski definition) is 2. The van der Waals surface area contributed by atoms with Gasteiger partial charge in [0.05, 0.1) is 20.1 Å². The molecule has 0 bridgehead atoms. The van der Waals surface area contributed by atoms with E-state index < -0.39 is 12.1 Å². The zero-order valence-electron chi connectivity index (χ0n) is 18.4. The van der Waals surface area contributed by atoms with Crippen LogP contribution in [0.3, 0.4) is 0 Å². The van der Waals surface area contributed by atoms with Gasteiger partial charge in [0.25, 0.3) is 0 Å². The molecule has 0 aliphatic rings. The Hall–Kier alpha value is -0.846. The summed E-state index contributed by atoms with van der Waals surface area (Å²) in [6.07, 6.45) is 0. The van der Waals surface area contributed by atoms with Crippen molar-refractivity contribution in [3.05, 3.63) is 125 Å². The predicted octanol–water partition coefficient (Wildman–Crippen LogP) is 11.6. The van der Waals surface area contributed by atoms with Gasteiger partial charge in [0.1, 0.15) is 0 Å². The van der Waals surface area contributed by atoms with Gasteiger partial charge in [0.15, 0.2) is 0 Å². The molecule has 0 amide bonds. The Balaban J connectivity index is 0.00000380. The van der Waals surface area contributed by atoms with Gasteiger partial charge in [-0.25, -0.2) is 0 Å². The fourth-order valence-electron chi connectivity index (χ4n) is 3.63. The third kappa shape index (κ3) is 7.22. The minimum absolute atomic E-state index is 0. The molecule has 4 aromatic carbocycles. The van der Waals surface area contributed by atoms with E-state index in [4.69, 9.17) is 105 Å². The summed E-state index contributed by atoms with van der Waals surface area (Å²) in [4.78, 5) is 1.09. The van der Waals surface area contributed by atoms with Crippen molar-refractivity contribution in [1.29, 1.82) is 0 Å². The first-order valence-corrected chi connectivity index (χ1v) is 13.5. The largest absolute Gasteiger partial charge is 0.781 e. The van der Waals surface area contributed by atoms with Crippen LogP contribution >= 0.6 is 69.6 Å². The van der Waals surface area contributed by atoms with E-state index in [1.54, 1.807) is 48.5 Å². The Morgan fingerprint density at radius 2 is 0.892 bits per heavy atom. The van der Waals surface area contributed by atoms with Crippen LogP contribution in [0.5, 0.6) is 0 Å². The van der Waals surface area contributed by atoms with Crippen LogP contribution in [-0.4, -0.2) is 0 Å². The molecule has 2 unspecified atom stereocenters. The van der Waals surface area contributed by atoms with E-state index in [0.717, 1.165) is 0 Å². The van der Waals surface area contributed by atoms with Crippen molar-refractivity contribution in [2.75, 3.05) is 0 Å². The van der Waals surface area contributed by atoms with Crippen molar-refractivity contribution in [1.82, 2.24) is 0 Å². The topological polar surface area (TPSA) is 28.2 Å². The summed E-state index contributed by atoms with van der Waals surface area (Å²) in [7, 11) is 0. The smallest absolute Gasteiger partial charge is 0.0612 e. The second-order valence-electron chi connectivity index (χ2n) is 7.66. The molecule has 0 aromatic heterocycles. The van der Waals surface area contributed by atoms with Gasteiger partial charge < -0.3 is 35.9 Å². The summed E-state index contributed by atoms with van der Waals surface area (Å²) in [6, 6.07) is 19.5. The van der Waals surface area contributed by atoms with Crippen LogP contribution in [-0.2, 0) is 41.7 Å². The first-order valence-electron chi connectivity index (χ1n) is 10.4. The number of rotatable bonds is 7. The number of nitrogens with zero attached hydrogens (tertiary/aromatic N) is 2. The summed E-state index contributed by atoms with van der Waals surface area (Å²) in [6.45, 7) is 0. The maximum atomic E-state index is 6.71. The van der Waals surface area contributed by atoms with Crippen molar-refractivity contribution in [2.24, 2.45) is 0 Å². The molecule has 0 aliphatic heterocycles. The Labute approximate surface area is 267 Å². The molecular formula is C26H14Cl6N2NiS2-4. The third-order valence-corrected chi connectivity index (χ3v) is 8.03. The maximum Gasteiger partial charge on any atom is 0.0612 e. The Bertz CT molecular complexity index is 1320. The van der Waals surface area contributed by atoms with Crippen molar-refractivity contribution in [2.45, 2.75) is 21.9 Å². The molecule has 4 aromatic rings. The zero-order chi connectivity index (χ0) is 26.0. The fraction of sp³-hybridized carbons (Fsp3) is 0.0769. The van der Waals surface area contributed by atoms with Gasteiger partial charge in [-0.05, 0) is 35.4 Å². The zero-order valence-corrected chi connectivity index (χ0v) is 25.5. The minimum atomic E-state index is -0.778. The molecule has 0 heterocycles. The van der Waals surface area contributed by atoms with E-state index in [1.807, 2.05) is 24.3 Å². The molecule has 2 atom stereocenters. The van der Waals surface area contributed by atoms with Crippen molar-refractivity contribution in [3.8, 4) is 0 Å². The van der Waals surface area contributed by atoms with Crippen LogP contribution in [0.2, 0.25) is 30.1 Å². The van der Waals surface area contributed by atoms with Gasteiger partial charge >= 0.3 is 0 Å². The quantitative estimate of drug-likeness (QED) is 0.110. The average molecular weight is 690 g/mol. The van der Waals surface area contributed by atoms with E-state index in [0.29, 0.717) is 42.3 Å². The predicted molar refractivity (Wildman–Crippen MR) is 159 cm³/mol. The van der Waals surface area contributed by atoms with E-state index >= 15 is 0 Å². The first kappa shape index (κ1) is 30.7. The Kier molecular flexibility index (Phi) is 11.2. The van der Waals surface area contributed by atoms with Crippen LogP contribution in [0.1, 0.15) is 23.2 Å². The Morgan fingerprint density at radius 1 is 0.541 bits per heavy atom. The Morgan fingerprint density at radius 3 is 1.24 bits per heavy atom. The average Bonchev–Trinajstić information content (AvgIpc) is 2.83. The number of halogens is 6. The molecule has 0 radical (unpaired) electrons. The van der Waals surface area contributed by atoms with Crippen LogP contribution in [0.15, 0.2) is 82.6 Å². The van der Waals surface area contributed by atoms with Crippen LogP contribution in [0.4, 0.5) is 11.4 Å². The maximum absolute atomic E-state index is 6.71. The first-order chi connectivity index (χ1) is 17.2. The molecule has 0 fully saturated rings. The summed E-state index contributed by atoms with van der Waals surface area (Å²) in [5.74, 6) is 0. The summed E-state index contributed by atoms with van der Waals surface area (Å²) < 4.78 is 0. The summed E-state index contributed by atoms with van der Waals surface area (Å²) in [5, 5.41) is 11.8. The van der Waals surface area contributed by atoms with Gasteiger partial charge in [-0.15, -0.1) is 12.1 Å². The second-order valence-corrected chi connectivity index (χ2v) is 11.0. The molecule has 0 aliphatic carbocycles. The standard InChI is InChI=1S/C26H16Cl6N2S2.Ni/c27-13-9-15(23(31)17(29)11-13)25(33-19-5-1-3-7-21(19)35)26(34-20-6-2-4-8-22(20)36)16-10-14(28)12-18(30)24(16)32;/h1-12,25-26,35-36H;/q-2;/p-2. The van der Waals surface area contributed by atoms with Gasteiger partial charge in [-0.2, -0.15) is 21.2 Å². The van der Waals surface area contributed by atoms with Gasteiger partial charge in [-0.3, -0.25) is 0 Å². The van der Waals surface area contributed by atoms with Crippen LogP contribution in [0.25, 0.3) is 10.6 Å². The van der Waals surface area contributed by atoms with Crippen LogP contribution in [0, 0.1) is 0 Å². The van der Waals surface area contributed by atoms with Crippen molar-refractivity contribution < 1.29 is 16.5 Å². The molecule has 2 nitrogen and oxygen atoms in total. The molecule has 0 N–H and O–H groups in total. The summed E-state index contributed by atoms with van der Waals surface area (Å²) >= 11 is 50.1. The fourth-order valence-corrected chi connectivity index (χ4v) is 5.49. The molecular weight excluding hydrogens is 676 g/mol. The number of para-hydroxylation sites is 2. The van der Waals surface area contributed by atoms with E-state index in [-0.39, 0.29) is 36.6 Å². The van der Waals surface area contributed by atoms with E-state index in [2.05, 4.69) is 0 Å². The monoisotopic (exact) mass is 686 g/mol. The molecule has 196 valence electrons. The van der Waals surface area contributed by atoms with E-state index in [1.165, 1.54) is 0 Å². The number of hydrogen-bond donors (Lipinski definition) is 0. The SMILES string of the molecule is [Ni].[S-]c1ccccc1[N-]C(c1cc(Cl)cc(Cl)c1Cl)C([N-]c1ccccc1[S-])c1cc(Cl)cc(Cl)c1Cl. The molecule has 0 saturated carbocycles. The molecule has 0 spiro atoms. The summed E-state index contributed by atoms with van der Waals surface area (Å²) in [5.41, 5.74) is 2.16. The molecule has 37 heavy (non-hydrogen) atoms. The molecule has 11 heteroatoms. The van der Waals surface area contributed by atoms with E-state index in [9.17, 15) is 0 Å². The molecule has 0 saturated heterocycles. The van der Waals surface area contributed by atoms with Gasteiger partial charge in [0.2, 0.25) is 0 Å². The third-order valence-electron chi connectivity index (χ3n) is 5.27. The van der Waals surface area contributed by atoms with Gasteiger partial charge in [-0.1, -0.05) is 118 Å².